The van der Waals surface area contributed by atoms with E-state index in [1.807, 2.05) is 6.92 Å². The van der Waals surface area contributed by atoms with Crippen LogP contribution < -0.4 is 4.74 Å². The molecular formula is C12H15NO4. The molecule has 1 N–H and O–H groups in total. The molecule has 1 aliphatic rings. The first-order chi connectivity index (χ1) is 8.16. The maximum atomic E-state index is 10.9. The molecule has 0 bridgehead atoms. The molecule has 0 aliphatic carbocycles. The first-order valence-electron chi connectivity index (χ1n) is 5.62. The Hall–Kier alpha value is -1.62. The summed E-state index contributed by atoms with van der Waals surface area (Å²) in [4.78, 5) is 14.8. The number of hydrogen-bond donors (Lipinski definition) is 1. The molecule has 2 heterocycles. The minimum absolute atomic E-state index is 0.0480. The summed E-state index contributed by atoms with van der Waals surface area (Å²) in [6.07, 6.45) is 5.13. The Morgan fingerprint density at radius 3 is 3.12 bits per heavy atom. The topological polar surface area (TPSA) is 68.7 Å². The van der Waals surface area contributed by atoms with Gasteiger partial charge in [0.05, 0.1) is 18.4 Å². The van der Waals surface area contributed by atoms with Gasteiger partial charge in [-0.1, -0.05) is 0 Å². The molecule has 2 atom stereocenters. The second-order valence-corrected chi connectivity index (χ2v) is 4.13. The molecule has 0 spiro atoms. The number of carboxylic acids is 1. The van der Waals surface area contributed by atoms with E-state index >= 15 is 0 Å². The minimum Gasteiger partial charge on any atom is -0.488 e. The highest BCUT2D eigenvalue weighted by atomic mass is 16.5. The number of nitrogens with zero attached hydrogens (tertiary/aromatic N) is 1. The molecule has 1 aromatic rings. The molecule has 92 valence electrons. The smallest absolute Gasteiger partial charge is 0.339 e. The fourth-order valence-electron chi connectivity index (χ4n) is 1.86. The van der Waals surface area contributed by atoms with Crippen LogP contribution in [-0.2, 0) is 4.74 Å². The minimum atomic E-state index is -1.01. The fourth-order valence-corrected chi connectivity index (χ4v) is 1.86. The van der Waals surface area contributed by atoms with Crippen molar-refractivity contribution in [3.8, 4) is 5.75 Å². The molecule has 1 aromatic heterocycles. The number of rotatable bonds is 4. The predicted molar refractivity (Wildman–Crippen MR) is 60.3 cm³/mol. The maximum absolute atomic E-state index is 10.9. The van der Waals surface area contributed by atoms with Gasteiger partial charge < -0.3 is 14.6 Å². The Labute approximate surface area is 99.4 Å². The Morgan fingerprint density at radius 2 is 2.47 bits per heavy atom. The summed E-state index contributed by atoms with van der Waals surface area (Å²) in [6.45, 7) is 2.39. The summed E-state index contributed by atoms with van der Waals surface area (Å²) >= 11 is 0. The first kappa shape index (κ1) is 11.9. The van der Waals surface area contributed by atoms with Crippen molar-refractivity contribution in [3.05, 3.63) is 24.0 Å². The van der Waals surface area contributed by atoms with Crippen molar-refractivity contribution in [2.45, 2.75) is 32.0 Å². The first-order valence-corrected chi connectivity index (χ1v) is 5.62. The predicted octanol–water partition coefficient (Wildman–Crippen LogP) is 1.73. The zero-order chi connectivity index (χ0) is 12.3. The van der Waals surface area contributed by atoms with Gasteiger partial charge in [0.1, 0.15) is 12.2 Å². The highest BCUT2D eigenvalue weighted by Crippen LogP contribution is 2.22. The average molecular weight is 237 g/mol. The number of aromatic carboxylic acids is 1. The highest BCUT2D eigenvalue weighted by molar-refractivity contribution is 5.90. The van der Waals surface area contributed by atoms with Crippen LogP contribution >= 0.6 is 0 Å². The third-order valence-electron chi connectivity index (χ3n) is 2.76. The van der Waals surface area contributed by atoms with Crippen LogP contribution in [0, 0.1) is 0 Å². The van der Waals surface area contributed by atoms with Gasteiger partial charge in [-0.3, -0.25) is 4.98 Å². The van der Waals surface area contributed by atoms with Gasteiger partial charge in [-0.2, -0.15) is 0 Å². The van der Waals surface area contributed by atoms with Crippen LogP contribution in [0.25, 0.3) is 0 Å². The van der Waals surface area contributed by atoms with Crippen LogP contribution in [0.1, 0.15) is 30.1 Å². The van der Waals surface area contributed by atoms with Crippen LogP contribution in [0.4, 0.5) is 0 Å². The van der Waals surface area contributed by atoms with E-state index in [-0.39, 0.29) is 17.8 Å². The number of pyridine rings is 1. The van der Waals surface area contributed by atoms with E-state index < -0.39 is 5.97 Å². The summed E-state index contributed by atoms with van der Waals surface area (Å²) in [7, 11) is 0. The van der Waals surface area contributed by atoms with Gasteiger partial charge in [-0.05, 0) is 25.8 Å². The van der Waals surface area contributed by atoms with E-state index in [1.54, 1.807) is 0 Å². The van der Waals surface area contributed by atoms with Gasteiger partial charge in [0.15, 0.2) is 5.75 Å². The number of ether oxygens (including phenoxy) is 2. The van der Waals surface area contributed by atoms with E-state index in [1.165, 1.54) is 18.5 Å². The Kier molecular flexibility index (Phi) is 3.58. The molecule has 0 amide bonds. The lowest BCUT2D eigenvalue weighted by Gasteiger charge is -2.13. The monoisotopic (exact) mass is 237 g/mol. The van der Waals surface area contributed by atoms with Crippen LogP contribution in [0.15, 0.2) is 18.5 Å². The second kappa shape index (κ2) is 5.14. The van der Waals surface area contributed by atoms with Crippen LogP contribution in [-0.4, -0.2) is 34.9 Å². The van der Waals surface area contributed by atoms with E-state index in [2.05, 4.69) is 4.98 Å². The van der Waals surface area contributed by atoms with Crippen molar-refractivity contribution in [2.24, 2.45) is 0 Å². The lowest BCUT2D eigenvalue weighted by Crippen LogP contribution is -2.18. The van der Waals surface area contributed by atoms with Gasteiger partial charge in [-0.15, -0.1) is 0 Å². The van der Waals surface area contributed by atoms with E-state index in [4.69, 9.17) is 14.6 Å². The van der Waals surface area contributed by atoms with Gasteiger partial charge in [0.2, 0.25) is 0 Å². The molecule has 5 nitrogen and oxygen atoms in total. The molecule has 1 fully saturated rings. The van der Waals surface area contributed by atoms with Gasteiger partial charge >= 0.3 is 5.97 Å². The molecule has 1 saturated heterocycles. The molecule has 5 heteroatoms. The van der Waals surface area contributed by atoms with Gasteiger partial charge in [-0.25, -0.2) is 4.79 Å². The average Bonchev–Trinajstić information content (AvgIpc) is 2.73. The molecule has 1 aliphatic heterocycles. The second-order valence-electron chi connectivity index (χ2n) is 4.13. The fraction of sp³-hybridized carbons (Fsp3) is 0.500. The van der Waals surface area contributed by atoms with E-state index in [0.29, 0.717) is 12.4 Å². The lowest BCUT2D eigenvalue weighted by molar-refractivity contribution is 0.0258. The summed E-state index contributed by atoms with van der Waals surface area (Å²) < 4.78 is 11.1. The third-order valence-corrected chi connectivity index (χ3v) is 2.76. The number of carboxylic acid groups (broad SMARTS) is 1. The summed E-state index contributed by atoms with van der Waals surface area (Å²) in [5.41, 5.74) is 0.131. The van der Waals surface area contributed by atoms with E-state index in [9.17, 15) is 4.79 Å². The summed E-state index contributed by atoms with van der Waals surface area (Å²) in [6, 6.07) is 1.43. The Morgan fingerprint density at radius 1 is 1.65 bits per heavy atom. The summed E-state index contributed by atoms with van der Waals surface area (Å²) in [5, 5.41) is 8.96. The molecule has 2 rings (SSSR count). The summed E-state index contributed by atoms with van der Waals surface area (Å²) in [5.74, 6) is -0.716. The lowest BCUT2D eigenvalue weighted by atomic mass is 10.2. The van der Waals surface area contributed by atoms with E-state index in [0.717, 1.165) is 12.8 Å². The largest absolute Gasteiger partial charge is 0.488 e. The Balaban J connectivity index is 1.97. The molecule has 0 saturated carbocycles. The van der Waals surface area contributed by atoms with Crippen molar-refractivity contribution in [1.29, 1.82) is 0 Å². The molecule has 2 unspecified atom stereocenters. The van der Waals surface area contributed by atoms with Crippen molar-refractivity contribution in [2.75, 3.05) is 6.61 Å². The van der Waals surface area contributed by atoms with Crippen molar-refractivity contribution in [1.82, 2.24) is 4.98 Å². The standard InChI is InChI=1S/C12H15NO4/c1-8-2-3-9(17-8)7-16-11-6-13-5-4-10(11)12(14)15/h4-6,8-9H,2-3,7H2,1H3,(H,14,15). The molecule has 17 heavy (non-hydrogen) atoms. The highest BCUT2D eigenvalue weighted by Gasteiger charge is 2.23. The SMILES string of the molecule is CC1CCC(COc2cnccc2C(=O)O)O1. The zero-order valence-electron chi connectivity index (χ0n) is 9.63. The Bertz CT molecular complexity index is 407. The number of carbonyl (C=O) groups is 1. The zero-order valence-corrected chi connectivity index (χ0v) is 9.63. The molecule has 0 radical (unpaired) electrons. The molecular weight excluding hydrogens is 222 g/mol. The number of hydrogen-bond acceptors (Lipinski definition) is 4. The third kappa shape index (κ3) is 2.94. The quantitative estimate of drug-likeness (QED) is 0.863. The van der Waals surface area contributed by atoms with Gasteiger partial charge in [0, 0.05) is 6.20 Å². The van der Waals surface area contributed by atoms with Crippen molar-refractivity contribution >= 4 is 5.97 Å². The van der Waals surface area contributed by atoms with Crippen LogP contribution in [0.5, 0.6) is 5.75 Å². The van der Waals surface area contributed by atoms with Crippen molar-refractivity contribution in [3.63, 3.8) is 0 Å². The van der Waals surface area contributed by atoms with Crippen molar-refractivity contribution < 1.29 is 19.4 Å². The molecule has 0 aromatic carbocycles. The van der Waals surface area contributed by atoms with Crippen LogP contribution in [0.3, 0.4) is 0 Å². The number of aromatic nitrogens is 1. The maximum Gasteiger partial charge on any atom is 0.339 e. The van der Waals surface area contributed by atoms with Crippen LogP contribution in [0.2, 0.25) is 0 Å². The normalized spacial score (nSPS) is 23.6. The van der Waals surface area contributed by atoms with Gasteiger partial charge in [0.25, 0.3) is 0 Å².